The van der Waals surface area contributed by atoms with Crippen molar-refractivity contribution >= 4 is 19.9 Å². The number of aryl methyl sites for hydroxylation is 1. The van der Waals surface area contributed by atoms with Gasteiger partial charge >= 0.3 is 0 Å². The molecule has 0 radical (unpaired) electrons. The standard InChI is InChI=1S/C15H18FN3O4S2/c1-18-10-12(9-17-18)14-11-24(20,21)8-4-7-19(14)25(22,23)15-6-3-2-5-13(15)16/h2-3,5-6,9-10,14H,4,7-8,11H2,1H3. The second-order valence-electron chi connectivity index (χ2n) is 5.98. The Labute approximate surface area is 146 Å². The van der Waals surface area contributed by atoms with Crippen LogP contribution in [-0.2, 0) is 26.9 Å². The summed E-state index contributed by atoms with van der Waals surface area (Å²) in [6.45, 7) is -0.00451. The van der Waals surface area contributed by atoms with Gasteiger partial charge in [0.1, 0.15) is 10.7 Å². The molecule has 1 unspecified atom stereocenters. The summed E-state index contributed by atoms with van der Waals surface area (Å²) >= 11 is 0. The third-order valence-electron chi connectivity index (χ3n) is 4.13. The number of rotatable bonds is 3. The molecule has 0 bridgehead atoms. The molecule has 1 aromatic carbocycles. The van der Waals surface area contributed by atoms with Crippen molar-refractivity contribution < 1.29 is 21.2 Å². The van der Waals surface area contributed by atoms with Gasteiger partial charge in [0.2, 0.25) is 10.0 Å². The minimum atomic E-state index is -4.20. The van der Waals surface area contributed by atoms with Crippen LogP contribution in [0.1, 0.15) is 18.0 Å². The summed E-state index contributed by atoms with van der Waals surface area (Å²) in [6.07, 6.45) is 3.18. The fourth-order valence-electron chi connectivity index (χ4n) is 2.95. The van der Waals surface area contributed by atoms with Crippen LogP contribution in [0.3, 0.4) is 0 Å². The monoisotopic (exact) mass is 387 g/mol. The van der Waals surface area contributed by atoms with E-state index in [-0.39, 0.29) is 24.5 Å². The first-order valence-corrected chi connectivity index (χ1v) is 10.9. The Hall–Kier alpha value is -1.78. The van der Waals surface area contributed by atoms with Gasteiger partial charge in [0, 0.05) is 25.4 Å². The van der Waals surface area contributed by atoms with E-state index in [4.69, 9.17) is 0 Å². The number of halogens is 1. The molecule has 0 aliphatic carbocycles. The fraction of sp³-hybridized carbons (Fsp3) is 0.400. The minimum Gasteiger partial charge on any atom is -0.275 e. The summed E-state index contributed by atoms with van der Waals surface area (Å²) in [5.41, 5.74) is 0.466. The summed E-state index contributed by atoms with van der Waals surface area (Å²) in [7, 11) is -5.97. The predicted molar refractivity (Wildman–Crippen MR) is 89.5 cm³/mol. The highest BCUT2D eigenvalue weighted by Gasteiger charge is 2.39. The van der Waals surface area contributed by atoms with Crippen LogP contribution in [0.5, 0.6) is 0 Å². The largest absolute Gasteiger partial charge is 0.275 e. The molecule has 2 heterocycles. The van der Waals surface area contributed by atoms with E-state index < -0.39 is 36.6 Å². The number of sulfonamides is 1. The number of hydrogen-bond donors (Lipinski definition) is 0. The van der Waals surface area contributed by atoms with E-state index in [1.807, 2.05) is 0 Å². The molecule has 1 aromatic heterocycles. The van der Waals surface area contributed by atoms with Crippen molar-refractivity contribution in [2.75, 3.05) is 18.1 Å². The topological polar surface area (TPSA) is 89.3 Å². The molecule has 0 spiro atoms. The number of nitrogens with zero attached hydrogens (tertiary/aromatic N) is 3. The Morgan fingerprint density at radius 3 is 2.64 bits per heavy atom. The lowest BCUT2D eigenvalue weighted by atomic mass is 10.2. The van der Waals surface area contributed by atoms with E-state index >= 15 is 0 Å². The van der Waals surface area contributed by atoms with Crippen LogP contribution in [0.25, 0.3) is 0 Å². The fourth-order valence-corrected chi connectivity index (χ4v) is 6.35. The second-order valence-corrected chi connectivity index (χ2v) is 10.1. The first kappa shape index (κ1) is 18.0. The van der Waals surface area contributed by atoms with Gasteiger partial charge in [0.25, 0.3) is 0 Å². The van der Waals surface area contributed by atoms with Gasteiger partial charge in [-0.2, -0.15) is 9.40 Å². The summed E-state index contributed by atoms with van der Waals surface area (Å²) in [5.74, 6) is -1.32. The predicted octanol–water partition coefficient (Wildman–Crippen LogP) is 1.11. The molecule has 1 atom stereocenters. The lowest BCUT2D eigenvalue weighted by molar-refractivity contribution is 0.349. The summed E-state index contributed by atoms with van der Waals surface area (Å²) in [4.78, 5) is -0.455. The Morgan fingerprint density at radius 1 is 1.28 bits per heavy atom. The Balaban J connectivity index is 2.12. The summed E-state index contributed by atoms with van der Waals surface area (Å²) < 4.78 is 67.1. The van der Waals surface area contributed by atoms with Crippen molar-refractivity contribution in [1.82, 2.24) is 14.1 Å². The molecule has 1 aliphatic heterocycles. The smallest absolute Gasteiger partial charge is 0.246 e. The van der Waals surface area contributed by atoms with Crippen molar-refractivity contribution in [3.8, 4) is 0 Å². The molecular formula is C15H18FN3O4S2. The molecule has 0 N–H and O–H groups in total. The quantitative estimate of drug-likeness (QED) is 0.787. The number of benzene rings is 1. The third-order valence-corrected chi connectivity index (χ3v) is 7.80. The van der Waals surface area contributed by atoms with Crippen LogP contribution in [0.2, 0.25) is 0 Å². The highest BCUT2D eigenvalue weighted by molar-refractivity contribution is 7.91. The molecule has 10 heteroatoms. The van der Waals surface area contributed by atoms with Crippen molar-refractivity contribution in [3.63, 3.8) is 0 Å². The van der Waals surface area contributed by atoms with E-state index in [0.29, 0.717) is 5.56 Å². The van der Waals surface area contributed by atoms with Crippen LogP contribution >= 0.6 is 0 Å². The molecule has 0 saturated carbocycles. The number of hydrogen-bond acceptors (Lipinski definition) is 5. The van der Waals surface area contributed by atoms with E-state index in [1.54, 1.807) is 13.2 Å². The SMILES string of the molecule is Cn1cc(C2CS(=O)(=O)CCCN2S(=O)(=O)c2ccccc2F)cn1. The molecule has 0 amide bonds. The van der Waals surface area contributed by atoms with E-state index in [0.717, 1.165) is 10.4 Å². The molecule has 1 fully saturated rings. The lowest BCUT2D eigenvalue weighted by Gasteiger charge is -2.28. The van der Waals surface area contributed by atoms with Crippen molar-refractivity contribution in [1.29, 1.82) is 0 Å². The first-order valence-electron chi connectivity index (χ1n) is 7.66. The number of aromatic nitrogens is 2. The normalized spacial score (nSPS) is 21.8. The Bertz CT molecular complexity index is 986. The average Bonchev–Trinajstić information content (AvgIpc) is 2.88. The lowest BCUT2D eigenvalue weighted by Crippen LogP contribution is -2.37. The maximum Gasteiger partial charge on any atom is 0.246 e. The highest BCUT2D eigenvalue weighted by Crippen LogP contribution is 2.32. The van der Waals surface area contributed by atoms with Crippen LogP contribution in [-0.4, -0.2) is 49.0 Å². The molecule has 2 aromatic rings. The highest BCUT2D eigenvalue weighted by atomic mass is 32.2. The maximum absolute atomic E-state index is 14.1. The first-order chi connectivity index (χ1) is 11.7. The molecule has 1 aliphatic rings. The van der Waals surface area contributed by atoms with Gasteiger partial charge in [-0.3, -0.25) is 4.68 Å². The van der Waals surface area contributed by atoms with E-state index in [1.165, 1.54) is 29.1 Å². The molecular weight excluding hydrogens is 369 g/mol. The summed E-state index contributed by atoms with van der Waals surface area (Å²) in [6, 6.07) is 4.15. The van der Waals surface area contributed by atoms with E-state index in [2.05, 4.69) is 5.10 Å². The molecule has 3 rings (SSSR count). The second kappa shape index (κ2) is 6.50. The van der Waals surface area contributed by atoms with Gasteiger partial charge in [0.15, 0.2) is 9.84 Å². The Morgan fingerprint density at radius 2 is 2.00 bits per heavy atom. The summed E-state index contributed by atoms with van der Waals surface area (Å²) in [5, 5.41) is 4.00. The Kier molecular flexibility index (Phi) is 4.69. The van der Waals surface area contributed by atoms with Gasteiger partial charge in [-0.05, 0) is 18.6 Å². The van der Waals surface area contributed by atoms with Gasteiger partial charge in [-0.15, -0.1) is 0 Å². The van der Waals surface area contributed by atoms with E-state index in [9.17, 15) is 21.2 Å². The van der Waals surface area contributed by atoms with Crippen LogP contribution < -0.4 is 0 Å². The number of sulfone groups is 1. The molecule has 136 valence electrons. The van der Waals surface area contributed by atoms with Crippen molar-refractivity contribution in [2.24, 2.45) is 7.05 Å². The minimum absolute atomic E-state index is 0.00451. The van der Waals surface area contributed by atoms with Gasteiger partial charge in [-0.1, -0.05) is 12.1 Å². The van der Waals surface area contributed by atoms with Crippen LogP contribution in [0, 0.1) is 5.82 Å². The van der Waals surface area contributed by atoms with Crippen LogP contribution in [0.4, 0.5) is 4.39 Å². The molecule has 1 saturated heterocycles. The van der Waals surface area contributed by atoms with Gasteiger partial charge in [-0.25, -0.2) is 21.2 Å². The third kappa shape index (κ3) is 3.60. The molecule has 7 nitrogen and oxygen atoms in total. The average molecular weight is 387 g/mol. The molecule has 25 heavy (non-hydrogen) atoms. The zero-order valence-corrected chi connectivity index (χ0v) is 15.2. The van der Waals surface area contributed by atoms with Crippen LogP contribution in [0.15, 0.2) is 41.6 Å². The van der Waals surface area contributed by atoms with Crippen molar-refractivity contribution in [3.05, 3.63) is 48.0 Å². The van der Waals surface area contributed by atoms with Crippen molar-refractivity contribution in [2.45, 2.75) is 17.4 Å². The zero-order valence-electron chi connectivity index (χ0n) is 13.5. The zero-order chi connectivity index (χ0) is 18.2. The van der Waals surface area contributed by atoms with Gasteiger partial charge < -0.3 is 0 Å². The van der Waals surface area contributed by atoms with Gasteiger partial charge in [0.05, 0.1) is 23.7 Å². The maximum atomic E-state index is 14.1.